The molecule has 0 aliphatic rings. The van der Waals surface area contributed by atoms with Crippen molar-refractivity contribution in [1.82, 2.24) is 4.98 Å². The van der Waals surface area contributed by atoms with Gasteiger partial charge in [-0.1, -0.05) is 12.1 Å². The molecule has 0 unspecified atom stereocenters. The Hall–Kier alpha value is -2.07. The summed E-state index contributed by atoms with van der Waals surface area (Å²) in [5, 5.41) is 1.09. The van der Waals surface area contributed by atoms with Crippen molar-refractivity contribution in [3.8, 4) is 0 Å². The number of para-hydroxylation sites is 1. The molecule has 0 bridgehead atoms. The lowest BCUT2D eigenvalue weighted by Crippen LogP contribution is -2.27. The van der Waals surface area contributed by atoms with Crippen LogP contribution in [0.2, 0.25) is 0 Å². The van der Waals surface area contributed by atoms with E-state index >= 15 is 0 Å². The monoisotopic (exact) mass is 376 g/mol. The topological polar surface area (TPSA) is 76.1 Å². The number of rotatable bonds is 4. The number of hydrogen-bond donors (Lipinski definition) is 1. The molecule has 2 rings (SSSR count). The van der Waals surface area contributed by atoms with Crippen LogP contribution in [-0.2, 0) is 9.84 Å². The number of nitrogens with one attached hydrogen (secondary N) is 1. The molecule has 1 N–H and O–H groups in total. The number of nitrogens with zero attached hydrogens (tertiary/aromatic N) is 1. The number of thioether (sulfide) groups is 1. The molecule has 0 radical (unpaired) electrons. The number of amides is 1. The lowest BCUT2D eigenvalue weighted by atomic mass is 10.2. The largest absolute Gasteiger partial charge is 0.503 e. The van der Waals surface area contributed by atoms with Crippen LogP contribution in [0.5, 0.6) is 0 Å². The molecule has 1 aromatic heterocycles. The smallest absolute Gasteiger partial charge is 0.321 e. The molecule has 0 saturated carbocycles. The number of benzene rings is 1. The molecule has 1 heterocycles. The van der Waals surface area contributed by atoms with E-state index in [1.807, 2.05) is 0 Å². The normalized spacial score (nSPS) is 12.0. The summed E-state index contributed by atoms with van der Waals surface area (Å²) in [6.07, 6.45) is 2.64. The van der Waals surface area contributed by atoms with Gasteiger partial charge in [0.1, 0.15) is 0 Å². The maximum absolute atomic E-state index is 12.7. The minimum absolute atomic E-state index is 0.356. The molecule has 24 heavy (non-hydrogen) atoms. The predicted molar refractivity (Wildman–Crippen MR) is 83.7 cm³/mol. The number of sulfone groups is 1. The van der Waals surface area contributed by atoms with Crippen LogP contribution in [0.25, 0.3) is 0 Å². The molecule has 0 saturated heterocycles. The van der Waals surface area contributed by atoms with Gasteiger partial charge in [0.05, 0.1) is 11.3 Å². The van der Waals surface area contributed by atoms with Crippen molar-refractivity contribution in [3.63, 3.8) is 0 Å². The molecule has 1 aromatic carbocycles. The molecule has 5 nitrogen and oxygen atoms in total. The van der Waals surface area contributed by atoms with Gasteiger partial charge in [-0.05, 0) is 30.5 Å². The van der Waals surface area contributed by atoms with Crippen LogP contribution in [0.4, 0.5) is 18.9 Å². The average Bonchev–Trinajstić information content (AvgIpc) is 2.54. The number of aromatic nitrogens is 1. The lowest BCUT2D eigenvalue weighted by molar-refractivity contribution is -0.0438. The molecule has 1 amide bonds. The second-order valence-corrected chi connectivity index (χ2v) is 7.16. The van der Waals surface area contributed by atoms with Gasteiger partial charge in [0, 0.05) is 11.1 Å². The highest BCUT2D eigenvalue weighted by molar-refractivity contribution is 7.98. The maximum Gasteiger partial charge on any atom is 0.503 e. The highest BCUT2D eigenvalue weighted by Gasteiger charge is 2.49. The molecule has 128 valence electrons. The van der Waals surface area contributed by atoms with Crippen molar-refractivity contribution in [2.45, 2.75) is 15.4 Å². The van der Waals surface area contributed by atoms with Gasteiger partial charge in [-0.15, -0.1) is 11.8 Å². The van der Waals surface area contributed by atoms with E-state index in [1.54, 1.807) is 30.5 Å². The molecule has 2 aromatic rings. The SMILES string of the molecule is CSc1ccccc1NC(=O)c1cccnc1S(=O)(=O)C(F)(F)F. The minimum atomic E-state index is -5.74. The van der Waals surface area contributed by atoms with E-state index < -0.39 is 31.8 Å². The summed E-state index contributed by atoms with van der Waals surface area (Å²) in [4.78, 5) is 16.2. The first-order chi connectivity index (χ1) is 11.2. The fourth-order valence-electron chi connectivity index (χ4n) is 1.82. The summed E-state index contributed by atoms with van der Waals surface area (Å²) in [5.74, 6) is -0.993. The van der Waals surface area contributed by atoms with Crippen LogP contribution in [-0.4, -0.2) is 31.1 Å². The number of hydrogen-bond acceptors (Lipinski definition) is 5. The van der Waals surface area contributed by atoms with Crippen LogP contribution in [0.3, 0.4) is 0 Å². The van der Waals surface area contributed by atoms with Crippen molar-refractivity contribution in [2.75, 3.05) is 11.6 Å². The quantitative estimate of drug-likeness (QED) is 0.828. The summed E-state index contributed by atoms with van der Waals surface area (Å²) in [5.41, 5.74) is -5.87. The van der Waals surface area contributed by atoms with Gasteiger partial charge in [-0.2, -0.15) is 13.2 Å². The minimum Gasteiger partial charge on any atom is -0.321 e. The fraction of sp³-hybridized carbons (Fsp3) is 0.143. The Balaban J connectivity index is 2.45. The van der Waals surface area contributed by atoms with Crippen molar-refractivity contribution in [3.05, 3.63) is 48.2 Å². The standard InChI is InChI=1S/C14H11F3N2O3S2/c1-23-11-7-3-2-6-10(11)19-12(20)9-5-4-8-18-13(9)24(21,22)14(15,16)17/h2-8H,1H3,(H,19,20). The van der Waals surface area contributed by atoms with Crippen LogP contribution >= 0.6 is 11.8 Å². The van der Waals surface area contributed by atoms with E-state index in [0.717, 1.165) is 12.3 Å². The third-order valence-corrected chi connectivity index (χ3v) is 5.17. The molecule has 0 spiro atoms. The zero-order valence-electron chi connectivity index (χ0n) is 12.2. The molecule has 0 aliphatic heterocycles. The van der Waals surface area contributed by atoms with Crippen LogP contribution < -0.4 is 5.32 Å². The summed E-state index contributed by atoms with van der Waals surface area (Å²) < 4.78 is 61.4. The Morgan fingerprint density at radius 3 is 2.46 bits per heavy atom. The van der Waals surface area contributed by atoms with E-state index in [9.17, 15) is 26.4 Å². The van der Waals surface area contributed by atoms with Gasteiger partial charge in [0.2, 0.25) is 0 Å². The van der Waals surface area contributed by atoms with Gasteiger partial charge in [0.15, 0.2) is 5.03 Å². The van der Waals surface area contributed by atoms with Crippen LogP contribution in [0.1, 0.15) is 10.4 Å². The fourth-order valence-corrected chi connectivity index (χ4v) is 3.25. The highest BCUT2D eigenvalue weighted by atomic mass is 32.2. The number of halogens is 3. The van der Waals surface area contributed by atoms with Crippen LogP contribution in [0.15, 0.2) is 52.5 Å². The van der Waals surface area contributed by atoms with E-state index in [0.29, 0.717) is 10.6 Å². The molecule has 0 aliphatic carbocycles. The number of anilines is 1. The van der Waals surface area contributed by atoms with Gasteiger partial charge < -0.3 is 5.32 Å². The average molecular weight is 376 g/mol. The molecule has 0 fully saturated rings. The first-order valence-electron chi connectivity index (χ1n) is 6.39. The van der Waals surface area contributed by atoms with Gasteiger partial charge >= 0.3 is 5.51 Å². The summed E-state index contributed by atoms with van der Waals surface area (Å²) in [6.45, 7) is 0. The Morgan fingerprint density at radius 2 is 1.83 bits per heavy atom. The maximum atomic E-state index is 12.7. The van der Waals surface area contributed by atoms with Gasteiger partial charge in [-0.3, -0.25) is 4.79 Å². The van der Waals surface area contributed by atoms with Crippen molar-refractivity contribution in [2.24, 2.45) is 0 Å². The first kappa shape index (κ1) is 18.3. The second-order valence-electron chi connectivity index (χ2n) is 4.46. The van der Waals surface area contributed by atoms with E-state index in [2.05, 4.69) is 10.3 Å². The zero-order valence-corrected chi connectivity index (χ0v) is 13.8. The van der Waals surface area contributed by atoms with Crippen molar-refractivity contribution in [1.29, 1.82) is 0 Å². The lowest BCUT2D eigenvalue weighted by Gasteiger charge is -2.13. The third kappa shape index (κ3) is 3.54. The summed E-state index contributed by atoms with van der Waals surface area (Å²) >= 11 is 1.32. The molecule has 10 heteroatoms. The van der Waals surface area contributed by atoms with Crippen molar-refractivity contribution >= 4 is 33.2 Å². The van der Waals surface area contributed by atoms with E-state index in [-0.39, 0.29) is 0 Å². The number of carbonyl (C=O) groups is 1. The van der Waals surface area contributed by atoms with Crippen molar-refractivity contribution < 1.29 is 26.4 Å². The highest BCUT2D eigenvalue weighted by Crippen LogP contribution is 2.31. The number of alkyl halides is 3. The van der Waals surface area contributed by atoms with Gasteiger partial charge in [0.25, 0.3) is 15.7 Å². The number of pyridine rings is 1. The molecule has 0 atom stereocenters. The Bertz CT molecular complexity index is 868. The second kappa shape index (κ2) is 6.81. The predicted octanol–water partition coefficient (Wildman–Crippen LogP) is 3.35. The van der Waals surface area contributed by atoms with E-state index in [4.69, 9.17) is 0 Å². The first-order valence-corrected chi connectivity index (χ1v) is 9.10. The van der Waals surface area contributed by atoms with E-state index in [1.165, 1.54) is 17.8 Å². The summed E-state index contributed by atoms with van der Waals surface area (Å²) in [7, 11) is -5.74. The zero-order chi connectivity index (χ0) is 18.0. The molecular weight excluding hydrogens is 365 g/mol. The Kier molecular flexibility index (Phi) is 5.19. The Labute approximate surface area is 140 Å². The third-order valence-electron chi connectivity index (χ3n) is 2.93. The summed E-state index contributed by atoms with van der Waals surface area (Å²) in [6, 6.07) is 8.78. The van der Waals surface area contributed by atoms with Crippen LogP contribution in [0, 0.1) is 0 Å². The Morgan fingerprint density at radius 1 is 1.17 bits per heavy atom. The number of carbonyl (C=O) groups excluding carboxylic acids is 1. The molecular formula is C14H11F3N2O3S2. The van der Waals surface area contributed by atoms with Gasteiger partial charge in [-0.25, -0.2) is 13.4 Å².